The highest BCUT2D eigenvalue weighted by Gasteiger charge is 2.08. The fraction of sp³-hybridized carbons (Fsp3) is 0.0588. The van der Waals surface area contributed by atoms with Crippen LogP contribution in [-0.4, -0.2) is 16.0 Å². The third-order valence-electron chi connectivity index (χ3n) is 2.84. The first-order valence-corrected chi connectivity index (χ1v) is 7.66. The molecule has 2 aromatic carbocycles. The maximum atomic E-state index is 5.65. The van der Waals surface area contributed by atoms with Crippen LogP contribution in [0.2, 0.25) is 0 Å². The number of anilines is 1. The van der Waals surface area contributed by atoms with Gasteiger partial charge in [0.25, 0.3) is 5.22 Å². The number of hydrogen-bond acceptors (Lipinski definition) is 5. The van der Waals surface area contributed by atoms with Gasteiger partial charge in [-0.25, -0.2) is 0 Å². The number of rotatable bonds is 3. The van der Waals surface area contributed by atoms with Crippen LogP contribution in [0.1, 0.15) is 5.56 Å². The minimum absolute atomic E-state index is 0.485. The fourth-order valence-electron chi connectivity index (χ4n) is 1.77. The van der Waals surface area contributed by atoms with E-state index in [1.54, 1.807) is 12.1 Å². The van der Waals surface area contributed by atoms with Crippen molar-refractivity contribution in [3.05, 3.63) is 60.2 Å². The average molecular weight is 307 g/mol. The smallest absolute Gasteiger partial charge is 0.277 e. The van der Waals surface area contributed by atoms with E-state index in [0.29, 0.717) is 22.6 Å². The van der Waals surface area contributed by atoms with E-state index in [-0.39, 0.29) is 0 Å². The normalized spacial score (nSPS) is 10.0. The van der Waals surface area contributed by atoms with E-state index in [4.69, 9.17) is 10.2 Å². The van der Waals surface area contributed by atoms with Crippen LogP contribution in [0.5, 0.6) is 0 Å². The largest absolute Gasteiger partial charge is 0.411 e. The first-order valence-electron chi connectivity index (χ1n) is 6.67. The minimum atomic E-state index is 0.485. The van der Waals surface area contributed by atoms with E-state index in [9.17, 15) is 0 Å². The first-order chi connectivity index (χ1) is 10.8. The number of hydrogen-bond donors (Lipinski definition) is 1. The molecule has 108 valence electrons. The van der Waals surface area contributed by atoms with E-state index in [1.165, 1.54) is 11.8 Å². The number of nitrogens with two attached hydrogens (primary N) is 1. The molecule has 0 aliphatic heterocycles. The molecule has 3 aromatic rings. The minimum Gasteiger partial charge on any atom is -0.411 e. The molecule has 0 atom stereocenters. The topological polar surface area (TPSA) is 64.9 Å². The molecule has 5 heteroatoms. The van der Waals surface area contributed by atoms with Gasteiger partial charge < -0.3 is 10.2 Å². The lowest BCUT2D eigenvalue weighted by Crippen LogP contribution is -1.83. The highest BCUT2D eigenvalue weighted by Crippen LogP contribution is 2.23. The molecule has 3 rings (SSSR count). The Balaban J connectivity index is 1.61. The van der Waals surface area contributed by atoms with Gasteiger partial charge in [-0.1, -0.05) is 41.8 Å². The Kier molecular flexibility index (Phi) is 4.42. The van der Waals surface area contributed by atoms with E-state index >= 15 is 0 Å². The van der Waals surface area contributed by atoms with Crippen LogP contribution >= 0.6 is 11.8 Å². The molecule has 0 amide bonds. The fourth-order valence-corrected chi connectivity index (χ4v) is 2.27. The second-order valence-electron chi connectivity index (χ2n) is 4.45. The molecule has 1 heterocycles. The summed E-state index contributed by atoms with van der Waals surface area (Å²) in [5, 5.41) is 8.54. The lowest BCUT2D eigenvalue weighted by atomic mass is 10.2. The molecule has 0 fully saturated rings. The van der Waals surface area contributed by atoms with E-state index in [0.717, 1.165) is 11.1 Å². The van der Waals surface area contributed by atoms with Gasteiger partial charge in [0.15, 0.2) is 0 Å². The second-order valence-corrected chi connectivity index (χ2v) is 5.38. The van der Waals surface area contributed by atoms with Gasteiger partial charge in [-0.15, -0.1) is 10.2 Å². The molecule has 0 aliphatic carbocycles. The van der Waals surface area contributed by atoms with Crippen molar-refractivity contribution in [1.82, 2.24) is 10.2 Å². The van der Waals surface area contributed by atoms with Crippen LogP contribution in [0.3, 0.4) is 0 Å². The van der Waals surface area contributed by atoms with Crippen LogP contribution in [0.15, 0.2) is 64.2 Å². The molecule has 0 saturated heterocycles. The predicted molar refractivity (Wildman–Crippen MR) is 88.2 cm³/mol. The Morgan fingerprint density at radius 1 is 1.00 bits per heavy atom. The summed E-state index contributed by atoms with van der Waals surface area (Å²) in [4.78, 5) is 0. The molecular weight excluding hydrogens is 294 g/mol. The number of nitrogens with zero attached hydrogens (tertiary/aromatic N) is 2. The summed E-state index contributed by atoms with van der Waals surface area (Å²) in [7, 11) is 0. The van der Waals surface area contributed by atoms with Gasteiger partial charge in [-0.3, -0.25) is 0 Å². The molecule has 1 aromatic heterocycles. The van der Waals surface area contributed by atoms with E-state index < -0.39 is 0 Å². The van der Waals surface area contributed by atoms with Crippen molar-refractivity contribution in [3.63, 3.8) is 0 Å². The molecule has 4 nitrogen and oxygen atoms in total. The summed E-state index contributed by atoms with van der Waals surface area (Å²) < 4.78 is 5.59. The first kappa shape index (κ1) is 14.2. The highest BCUT2D eigenvalue weighted by molar-refractivity contribution is 7.99. The zero-order valence-corrected chi connectivity index (χ0v) is 12.5. The number of aromatic nitrogens is 2. The van der Waals surface area contributed by atoms with Crippen molar-refractivity contribution in [1.29, 1.82) is 0 Å². The summed E-state index contributed by atoms with van der Waals surface area (Å²) in [6.07, 6.45) is 0. The van der Waals surface area contributed by atoms with Crippen molar-refractivity contribution in [2.75, 3.05) is 11.5 Å². The van der Waals surface area contributed by atoms with Crippen LogP contribution in [0.4, 0.5) is 5.69 Å². The Hall–Kier alpha value is -2.71. The molecule has 22 heavy (non-hydrogen) atoms. The molecule has 0 unspecified atom stereocenters. The molecule has 0 spiro atoms. The van der Waals surface area contributed by atoms with Gasteiger partial charge in [0, 0.05) is 16.8 Å². The number of thioether (sulfide) groups is 1. The van der Waals surface area contributed by atoms with Crippen molar-refractivity contribution >= 4 is 17.4 Å². The quantitative estimate of drug-likeness (QED) is 0.456. The lowest BCUT2D eigenvalue weighted by Gasteiger charge is -1.95. The summed E-state index contributed by atoms with van der Waals surface area (Å²) in [5.74, 6) is 7.24. The van der Waals surface area contributed by atoms with Crippen molar-refractivity contribution in [2.45, 2.75) is 5.22 Å². The Bertz CT molecular complexity index is 801. The second kappa shape index (κ2) is 6.83. The zero-order valence-electron chi connectivity index (χ0n) is 11.7. The third kappa shape index (κ3) is 3.68. The van der Waals surface area contributed by atoms with Gasteiger partial charge in [-0.05, 0) is 36.4 Å². The van der Waals surface area contributed by atoms with Crippen LogP contribution < -0.4 is 5.73 Å². The SMILES string of the molecule is Nc1ccc(-c2nnc(SCC#Cc3ccccc3)o2)cc1. The van der Waals surface area contributed by atoms with Gasteiger partial charge in [0.1, 0.15) is 0 Å². The zero-order chi connectivity index (χ0) is 15.2. The van der Waals surface area contributed by atoms with Crippen LogP contribution in [-0.2, 0) is 0 Å². The van der Waals surface area contributed by atoms with Gasteiger partial charge in [0.05, 0.1) is 5.75 Å². The summed E-state index contributed by atoms with van der Waals surface area (Å²) in [6.45, 7) is 0. The van der Waals surface area contributed by atoms with Gasteiger partial charge in [-0.2, -0.15) is 0 Å². The lowest BCUT2D eigenvalue weighted by molar-refractivity contribution is 0.466. The maximum absolute atomic E-state index is 5.65. The van der Waals surface area contributed by atoms with Crippen LogP contribution in [0.25, 0.3) is 11.5 Å². The van der Waals surface area contributed by atoms with Gasteiger partial charge >= 0.3 is 0 Å². The summed E-state index contributed by atoms with van der Waals surface area (Å²) in [6, 6.07) is 17.2. The van der Waals surface area contributed by atoms with Crippen molar-refractivity contribution < 1.29 is 4.42 Å². The van der Waals surface area contributed by atoms with E-state index in [1.807, 2.05) is 42.5 Å². The van der Waals surface area contributed by atoms with Crippen LogP contribution in [0, 0.1) is 11.8 Å². The molecule has 2 N–H and O–H groups in total. The Morgan fingerprint density at radius 2 is 1.77 bits per heavy atom. The monoisotopic (exact) mass is 307 g/mol. The predicted octanol–water partition coefficient (Wildman–Crippen LogP) is 3.46. The molecule has 0 aliphatic rings. The highest BCUT2D eigenvalue weighted by atomic mass is 32.2. The molecule has 0 bridgehead atoms. The van der Waals surface area contributed by atoms with Crippen molar-refractivity contribution in [2.24, 2.45) is 0 Å². The maximum Gasteiger partial charge on any atom is 0.277 e. The van der Waals surface area contributed by atoms with Crippen molar-refractivity contribution in [3.8, 4) is 23.3 Å². The molecule has 0 saturated carbocycles. The Morgan fingerprint density at radius 3 is 2.55 bits per heavy atom. The Labute approximate surface area is 132 Å². The molecule has 0 radical (unpaired) electrons. The summed E-state index contributed by atoms with van der Waals surface area (Å²) >= 11 is 1.42. The standard InChI is InChI=1S/C17H13N3OS/c18-15-10-8-14(9-11-15)16-19-20-17(21-16)22-12-4-7-13-5-2-1-3-6-13/h1-3,5-6,8-11H,12,18H2. The molecular formula is C17H13N3OS. The average Bonchev–Trinajstić information content (AvgIpc) is 3.02. The third-order valence-corrected chi connectivity index (χ3v) is 3.54. The van der Waals surface area contributed by atoms with Gasteiger partial charge in [0.2, 0.25) is 5.89 Å². The van der Waals surface area contributed by atoms with E-state index in [2.05, 4.69) is 22.0 Å². The number of nitrogen functional groups attached to an aromatic ring is 1. The summed E-state index contributed by atoms with van der Waals surface area (Å²) in [5.41, 5.74) is 8.20. The number of benzene rings is 2.